The van der Waals surface area contributed by atoms with Gasteiger partial charge in [0.1, 0.15) is 6.17 Å². The summed E-state index contributed by atoms with van der Waals surface area (Å²) in [6, 6.07) is 11.8. The molecule has 1 saturated heterocycles. The number of carbonyl (C=O) groups is 1. The van der Waals surface area contributed by atoms with Gasteiger partial charge in [-0.2, -0.15) is 5.10 Å². The first kappa shape index (κ1) is 22.1. The van der Waals surface area contributed by atoms with Gasteiger partial charge in [0.15, 0.2) is 11.5 Å². The van der Waals surface area contributed by atoms with Gasteiger partial charge in [-0.05, 0) is 42.7 Å². The largest absolute Gasteiger partial charge is 0.493 e. The molecule has 7 heteroatoms. The number of ether oxygens (including phenoxy) is 2. The summed E-state index contributed by atoms with van der Waals surface area (Å²) < 4.78 is 24.4. The quantitative estimate of drug-likeness (QED) is 0.677. The van der Waals surface area contributed by atoms with Crippen LogP contribution in [0, 0.1) is 0 Å². The van der Waals surface area contributed by atoms with Crippen molar-refractivity contribution in [1.29, 1.82) is 0 Å². The lowest BCUT2D eigenvalue weighted by Crippen LogP contribution is -2.48. The number of hydrazone groups is 1. The Morgan fingerprint density at radius 2 is 1.75 bits per heavy atom. The lowest BCUT2D eigenvalue weighted by atomic mass is 9.93. The van der Waals surface area contributed by atoms with Crippen molar-refractivity contribution in [1.82, 2.24) is 5.01 Å². The molecule has 0 N–H and O–H groups in total. The fraction of sp³-hybridized carbons (Fsp3) is 0.440. The summed E-state index contributed by atoms with van der Waals surface area (Å²) >= 11 is 0. The highest BCUT2D eigenvalue weighted by molar-refractivity contribution is 6.14. The van der Waals surface area contributed by atoms with Crippen LogP contribution in [-0.2, 0) is 11.2 Å². The molecule has 4 rings (SSSR count). The maximum absolute atomic E-state index is 13.3. The molecule has 32 heavy (non-hydrogen) atoms. The molecule has 1 amide bonds. The lowest BCUT2D eigenvalue weighted by molar-refractivity contribution is -0.133. The van der Waals surface area contributed by atoms with E-state index in [-0.39, 0.29) is 11.9 Å². The summed E-state index contributed by atoms with van der Waals surface area (Å²) in [4.78, 5) is 14.8. The summed E-state index contributed by atoms with van der Waals surface area (Å²) in [6.45, 7) is 4.78. The molecular formula is C25H30FN3O3. The van der Waals surface area contributed by atoms with Crippen LogP contribution in [0.25, 0.3) is 0 Å². The number of halogens is 1. The zero-order valence-electron chi connectivity index (χ0n) is 19.1. The minimum atomic E-state index is -0.755. The maximum atomic E-state index is 13.3. The van der Waals surface area contributed by atoms with Crippen LogP contribution in [0.4, 0.5) is 10.1 Å². The van der Waals surface area contributed by atoms with E-state index in [2.05, 4.69) is 6.92 Å². The molecule has 2 heterocycles. The van der Waals surface area contributed by atoms with Gasteiger partial charge in [-0.15, -0.1) is 0 Å². The Kier molecular flexibility index (Phi) is 6.35. The maximum Gasteiger partial charge on any atom is 0.242 e. The third-order valence-electron chi connectivity index (χ3n) is 6.25. The van der Waals surface area contributed by atoms with Crippen LogP contribution in [0.1, 0.15) is 43.4 Å². The molecule has 6 nitrogen and oxygen atoms in total. The van der Waals surface area contributed by atoms with Crippen molar-refractivity contribution in [3.63, 3.8) is 0 Å². The van der Waals surface area contributed by atoms with E-state index in [1.54, 1.807) is 19.2 Å². The van der Waals surface area contributed by atoms with Crippen molar-refractivity contribution in [3.8, 4) is 11.5 Å². The summed E-state index contributed by atoms with van der Waals surface area (Å²) in [5.74, 6) is 1.27. The fourth-order valence-electron chi connectivity index (χ4n) is 4.31. The summed E-state index contributed by atoms with van der Waals surface area (Å²) in [6.07, 6.45) is 1.09. The van der Waals surface area contributed by atoms with E-state index in [0.29, 0.717) is 37.4 Å². The highest BCUT2D eigenvalue weighted by atomic mass is 19.1. The Labute approximate surface area is 188 Å². The molecule has 1 fully saturated rings. The number of fused-ring (bicyclic) bond motifs is 1. The van der Waals surface area contributed by atoms with Gasteiger partial charge >= 0.3 is 0 Å². The van der Waals surface area contributed by atoms with Crippen LogP contribution in [0.5, 0.6) is 11.5 Å². The van der Waals surface area contributed by atoms with Crippen LogP contribution in [0.3, 0.4) is 0 Å². The monoisotopic (exact) mass is 439 g/mol. The molecule has 170 valence electrons. The predicted molar refractivity (Wildman–Crippen MR) is 124 cm³/mol. The minimum absolute atomic E-state index is 0.00715. The molecular weight excluding hydrogens is 409 g/mol. The second kappa shape index (κ2) is 9.18. The van der Waals surface area contributed by atoms with Gasteiger partial charge in [-0.1, -0.05) is 26.0 Å². The molecule has 0 spiro atoms. The van der Waals surface area contributed by atoms with Crippen LogP contribution in [0.2, 0.25) is 0 Å². The number of methoxy groups -OCH3 is 2. The number of amides is 1. The van der Waals surface area contributed by atoms with Gasteiger partial charge in [-0.3, -0.25) is 4.79 Å². The number of nitrogens with zero attached hydrogens (tertiary/aromatic N) is 3. The normalized spacial score (nSPS) is 18.4. The Bertz CT molecular complexity index is 1020. The van der Waals surface area contributed by atoms with E-state index in [9.17, 15) is 9.18 Å². The summed E-state index contributed by atoms with van der Waals surface area (Å²) in [5, 5.41) is 6.54. The highest BCUT2D eigenvalue weighted by Gasteiger charge is 2.30. The number of anilines is 1. The molecule has 0 bridgehead atoms. The van der Waals surface area contributed by atoms with Crippen molar-refractivity contribution in [2.75, 3.05) is 32.2 Å². The highest BCUT2D eigenvalue weighted by Crippen LogP contribution is 2.35. The van der Waals surface area contributed by atoms with Crippen molar-refractivity contribution in [2.45, 2.75) is 45.3 Å². The Morgan fingerprint density at radius 3 is 2.31 bits per heavy atom. The van der Waals surface area contributed by atoms with E-state index in [0.717, 1.165) is 34.5 Å². The third kappa shape index (κ3) is 4.04. The van der Waals surface area contributed by atoms with Crippen LogP contribution in [-0.4, -0.2) is 56.2 Å². The zero-order valence-corrected chi connectivity index (χ0v) is 19.1. The van der Waals surface area contributed by atoms with Crippen molar-refractivity contribution >= 4 is 17.3 Å². The van der Waals surface area contributed by atoms with Gasteiger partial charge in [0.05, 0.1) is 39.1 Å². The first-order chi connectivity index (χ1) is 15.5. The summed E-state index contributed by atoms with van der Waals surface area (Å²) in [5.41, 5.74) is 4.58. The molecule has 2 aliphatic rings. The van der Waals surface area contributed by atoms with Crippen molar-refractivity contribution < 1.29 is 18.7 Å². The van der Waals surface area contributed by atoms with Gasteiger partial charge in [0.2, 0.25) is 5.91 Å². The third-order valence-corrected chi connectivity index (χ3v) is 6.25. The van der Waals surface area contributed by atoms with E-state index in [4.69, 9.17) is 14.6 Å². The Hall–Kier alpha value is -3.09. The molecule has 1 unspecified atom stereocenters. The number of benzene rings is 2. The fourth-order valence-corrected chi connectivity index (χ4v) is 4.31. The number of hydrogen-bond acceptors (Lipinski definition) is 5. The zero-order chi connectivity index (χ0) is 22.8. The molecule has 2 aliphatic heterocycles. The molecule has 0 saturated carbocycles. The molecule has 1 atom stereocenters. The second-order valence-corrected chi connectivity index (χ2v) is 8.22. The SMILES string of the molecule is CCC(=O)N1N=C(c2ccc(N3CC(F)C3)cc2)c2cc(OC)c(OC)cc2CC1CC. The number of alkyl halides is 1. The summed E-state index contributed by atoms with van der Waals surface area (Å²) in [7, 11) is 3.23. The van der Waals surface area contributed by atoms with E-state index in [1.165, 1.54) is 0 Å². The second-order valence-electron chi connectivity index (χ2n) is 8.22. The topological polar surface area (TPSA) is 54.4 Å². The predicted octanol–water partition coefficient (Wildman–Crippen LogP) is 4.19. The van der Waals surface area contributed by atoms with Gasteiger partial charge < -0.3 is 14.4 Å². The van der Waals surface area contributed by atoms with Crippen LogP contribution >= 0.6 is 0 Å². The van der Waals surface area contributed by atoms with Gasteiger partial charge in [-0.25, -0.2) is 9.40 Å². The number of hydrogen-bond donors (Lipinski definition) is 0. The first-order valence-corrected chi connectivity index (χ1v) is 11.1. The van der Waals surface area contributed by atoms with Crippen LogP contribution < -0.4 is 14.4 Å². The number of rotatable bonds is 6. The average Bonchev–Trinajstić information content (AvgIpc) is 2.97. The first-order valence-electron chi connectivity index (χ1n) is 11.1. The van der Waals surface area contributed by atoms with Crippen molar-refractivity contribution in [2.24, 2.45) is 5.10 Å². The standard InChI is InChI=1S/C25H30FN3O3/c1-5-19-11-17-12-22(31-3)23(32-4)13-21(17)25(27-29(19)24(30)6-2)16-7-9-20(10-8-16)28-14-18(26)15-28/h7-10,12-13,18-19H,5-6,11,14-15H2,1-4H3. The minimum Gasteiger partial charge on any atom is -0.493 e. The Morgan fingerprint density at radius 1 is 1.09 bits per heavy atom. The number of carbonyl (C=O) groups excluding carboxylic acids is 1. The lowest BCUT2D eigenvalue weighted by Gasteiger charge is -2.36. The molecule has 0 aliphatic carbocycles. The Balaban J connectivity index is 1.83. The average molecular weight is 440 g/mol. The van der Waals surface area contributed by atoms with Gasteiger partial charge in [0, 0.05) is 23.2 Å². The molecule has 2 aromatic carbocycles. The molecule has 2 aromatic rings. The van der Waals surface area contributed by atoms with E-state index < -0.39 is 6.17 Å². The molecule has 0 radical (unpaired) electrons. The van der Waals surface area contributed by atoms with E-state index in [1.807, 2.05) is 48.2 Å². The van der Waals surface area contributed by atoms with Gasteiger partial charge in [0.25, 0.3) is 0 Å². The van der Waals surface area contributed by atoms with Crippen molar-refractivity contribution in [3.05, 3.63) is 53.1 Å². The van der Waals surface area contributed by atoms with Crippen LogP contribution in [0.15, 0.2) is 41.5 Å². The molecule has 0 aromatic heterocycles. The van der Waals surface area contributed by atoms with E-state index >= 15 is 0 Å². The smallest absolute Gasteiger partial charge is 0.242 e.